The van der Waals surface area contributed by atoms with Gasteiger partial charge in [0.15, 0.2) is 0 Å². The van der Waals surface area contributed by atoms with E-state index in [0.29, 0.717) is 18.4 Å². The lowest BCUT2D eigenvalue weighted by molar-refractivity contribution is -0.144. The molecule has 8 N–H and O–H groups in total. The van der Waals surface area contributed by atoms with Crippen LogP contribution in [0.25, 0.3) is 0 Å². The molecule has 0 spiro atoms. The first-order valence-corrected chi connectivity index (χ1v) is 12.2. The van der Waals surface area contributed by atoms with Gasteiger partial charge in [0.25, 0.3) is 0 Å². The molecule has 1 aromatic carbocycles. The number of hydrogen-bond acceptors (Lipinski definition) is 7. The van der Waals surface area contributed by atoms with Crippen LogP contribution in [0.3, 0.4) is 0 Å². The number of nitrogens with one attached hydrogen (secondary N) is 3. The summed E-state index contributed by atoms with van der Waals surface area (Å²) >= 11 is 0. The van der Waals surface area contributed by atoms with E-state index in [1.807, 2.05) is 0 Å². The molecule has 0 saturated heterocycles. The van der Waals surface area contributed by atoms with Gasteiger partial charge in [0.1, 0.15) is 23.9 Å². The number of rotatable bonds is 15. The summed E-state index contributed by atoms with van der Waals surface area (Å²) in [6.07, 6.45) is 0.299. The largest absolute Gasteiger partial charge is 0.508 e. The van der Waals surface area contributed by atoms with Crippen LogP contribution in [0.15, 0.2) is 24.3 Å². The fourth-order valence-electron chi connectivity index (χ4n) is 3.52. The van der Waals surface area contributed by atoms with Gasteiger partial charge in [0.05, 0.1) is 12.5 Å². The van der Waals surface area contributed by atoms with Gasteiger partial charge in [-0.25, -0.2) is 4.79 Å². The van der Waals surface area contributed by atoms with Crippen molar-refractivity contribution in [3.8, 4) is 5.75 Å². The number of carboxylic acid groups (broad SMARTS) is 2. The Morgan fingerprint density at radius 2 is 1.32 bits per heavy atom. The van der Waals surface area contributed by atoms with Crippen LogP contribution in [0, 0.1) is 11.8 Å². The molecule has 0 heterocycles. The van der Waals surface area contributed by atoms with Crippen molar-refractivity contribution < 1.29 is 39.3 Å². The van der Waals surface area contributed by atoms with Gasteiger partial charge in [-0.15, -0.1) is 0 Å². The number of aromatic hydroxyl groups is 1. The second kappa shape index (κ2) is 14.8. The molecule has 37 heavy (non-hydrogen) atoms. The Bertz CT molecular complexity index is 953. The average Bonchev–Trinajstić information content (AvgIpc) is 2.84. The van der Waals surface area contributed by atoms with E-state index in [2.05, 4.69) is 16.0 Å². The van der Waals surface area contributed by atoms with E-state index in [9.17, 15) is 34.2 Å². The maximum absolute atomic E-state index is 13.3. The van der Waals surface area contributed by atoms with Gasteiger partial charge in [0.2, 0.25) is 17.7 Å². The van der Waals surface area contributed by atoms with Crippen LogP contribution in [0.4, 0.5) is 0 Å². The summed E-state index contributed by atoms with van der Waals surface area (Å²) in [7, 11) is 0. The number of aliphatic carboxylic acids is 2. The first-order chi connectivity index (χ1) is 17.3. The number of phenols is 1. The summed E-state index contributed by atoms with van der Waals surface area (Å²) in [6, 6.07) is 0.993. The predicted octanol–water partition coefficient (Wildman–Crippen LogP) is 0.368. The third-order valence-electron chi connectivity index (χ3n) is 6.31. The number of benzene rings is 1. The Kier molecular flexibility index (Phi) is 12.5. The van der Waals surface area contributed by atoms with E-state index in [4.69, 9.17) is 10.8 Å². The van der Waals surface area contributed by atoms with Crippen molar-refractivity contribution in [2.45, 2.75) is 77.5 Å². The topological polar surface area (TPSA) is 208 Å². The molecule has 6 atom stereocenters. The summed E-state index contributed by atoms with van der Waals surface area (Å²) in [5, 5.41) is 35.6. The van der Waals surface area contributed by atoms with Crippen LogP contribution in [0.5, 0.6) is 5.75 Å². The molecular weight excluding hydrogens is 484 g/mol. The third-order valence-corrected chi connectivity index (χ3v) is 6.31. The number of hydrogen-bond donors (Lipinski definition) is 7. The number of carbonyl (C=O) groups excluding carboxylic acids is 3. The molecule has 1 aromatic rings. The highest BCUT2D eigenvalue weighted by atomic mass is 16.4. The van der Waals surface area contributed by atoms with Gasteiger partial charge in [-0.1, -0.05) is 52.7 Å². The Balaban J connectivity index is 3.19. The minimum absolute atomic E-state index is 0.0000607. The summed E-state index contributed by atoms with van der Waals surface area (Å²) in [6.45, 7) is 7.02. The highest BCUT2D eigenvalue weighted by molar-refractivity contribution is 5.95. The molecule has 0 radical (unpaired) electrons. The molecule has 0 fully saturated rings. The highest BCUT2D eigenvalue weighted by Gasteiger charge is 2.34. The van der Waals surface area contributed by atoms with Gasteiger partial charge in [-0.05, 0) is 29.5 Å². The van der Waals surface area contributed by atoms with E-state index >= 15 is 0 Å². The molecule has 6 unspecified atom stereocenters. The van der Waals surface area contributed by atoms with Gasteiger partial charge in [-0.3, -0.25) is 19.2 Å². The lowest BCUT2D eigenvalue weighted by Gasteiger charge is -2.29. The molecule has 1 rings (SSSR count). The Morgan fingerprint density at radius 1 is 0.811 bits per heavy atom. The fourth-order valence-corrected chi connectivity index (χ4v) is 3.52. The van der Waals surface area contributed by atoms with Crippen molar-refractivity contribution in [3.63, 3.8) is 0 Å². The van der Waals surface area contributed by atoms with Gasteiger partial charge < -0.3 is 37.0 Å². The number of nitrogens with two attached hydrogens (primary N) is 1. The summed E-state index contributed by atoms with van der Waals surface area (Å²) in [4.78, 5) is 61.6. The molecular formula is C25H38N4O8. The van der Waals surface area contributed by atoms with E-state index < -0.39 is 60.2 Å². The monoisotopic (exact) mass is 522 g/mol. The van der Waals surface area contributed by atoms with E-state index in [-0.39, 0.29) is 24.0 Å². The smallest absolute Gasteiger partial charge is 0.326 e. The number of carbonyl (C=O) groups is 5. The van der Waals surface area contributed by atoms with E-state index in [1.54, 1.807) is 39.8 Å². The molecule has 206 valence electrons. The Hall–Kier alpha value is -3.67. The zero-order chi connectivity index (χ0) is 28.3. The number of amides is 3. The number of carboxylic acids is 2. The van der Waals surface area contributed by atoms with Crippen LogP contribution >= 0.6 is 0 Å². The normalized spacial score (nSPS) is 15.8. The molecule has 12 heteroatoms. The predicted molar refractivity (Wildman–Crippen MR) is 134 cm³/mol. The second-order valence-corrected chi connectivity index (χ2v) is 9.22. The molecule has 0 aliphatic heterocycles. The average molecular weight is 523 g/mol. The van der Waals surface area contributed by atoms with Gasteiger partial charge in [0, 0.05) is 6.42 Å². The maximum atomic E-state index is 13.3. The van der Waals surface area contributed by atoms with Crippen molar-refractivity contribution in [2.24, 2.45) is 17.6 Å². The van der Waals surface area contributed by atoms with Crippen molar-refractivity contribution in [1.29, 1.82) is 0 Å². The van der Waals surface area contributed by atoms with Crippen LogP contribution in [-0.2, 0) is 30.4 Å². The van der Waals surface area contributed by atoms with E-state index in [0.717, 1.165) is 0 Å². The van der Waals surface area contributed by atoms with E-state index in [1.165, 1.54) is 12.1 Å². The minimum atomic E-state index is -1.41. The van der Waals surface area contributed by atoms with Crippen molar-refractivity contribution in [1.82, 2.24) is 16.0 Å². The quantitative estimate of drug-likeness (QED) is 0.169. The van der Waals surface area contributed by atoms with Crippen molar-refractivity contribution in [2.75, 3.05) is 0 Å². The first-order valence-electron chi connectivity index (χ1n) is 12.2. The molecule has 0 aromatic heterocycles. The number of phenolic OH excluding ortho intramolecular Hbond substituents is 1. The molecule has 0 bridgehead atoms. The lowest BCUT2D eigenvalue weighted by Crippen LogP contribution is -2.59. The molecule has 0 aliphatic rings. The van der Waals surface area contributed by atoms with Crippen molar-refractivity contribution >= 4 is 29.7 Å². The summed E-state index contributed by atoms with van der Waals surface area (Å²) < 4.78 is 0. The third kappa shape index (κ3) is 10.1. The van der Waals surface area contributed by atoms with Crippen LogP contribution in [0.1, 0.15) is 52.5 Å². The van der Waals surface area contributed by atoms with Gasteiger partial charge in [-0.2, -0.15) is 0 Å². The summed E-state index contributed by atoms with van der Waals surface area (Å²) in [5.74, 6) is -5.49. The van der Waals surface area contributed by atoms with Crippen LogP contribution in [0.2, 0.25) is 0 Å². The SMILES string of the molecule is CCC(C)C(NC(=O)C(NC(=O)C(Cc1ccc(O)cc1)NC(=O)C(N)CC(=O)O)C(C)CC)C(=O)O. The maximum Gasteiger partial charge on any atom is 0.326 e. The molecule has 12 nitrogen and oxygen atoms in total. The molecule has 0 aliphatic carbocycles. The van der Waals surface area contributed by atoms with Crippen LogP contribution < -0.4 is 21.7 Å². The second-order valence-electron chi connectivity index (χ2n) is 9.22. The molecule has 0 saturated carbocycles. The van der Waals surface area contributed by atoms with Crippen LogP contribution in [-0.4, -0.2) is 69.1 Å². The molecule has 3 amide bonds. The minimum Gasteiger partial charge on any atom is -0.508 e. The zero-order valence-electron chi connectivity index (χ0n) is 21.6. The highest BCUT2D eigenvalue weighted by Crippen LogP contribution is 2.14. The van der Waals surface area contributed by atoms with Crippen molar-refractivity contribution in [3.05, 3.63) is 29.8 Å². The summed E-state index contributed by atoms with van der Waals surface area (Å²) in [5.41, 5.74) is 6.21. The lowest BCUT2D eigenvalue weighted by atomic mass is 9.94. The standard InChI is InChI=1S/C25H38N4O8/c1-5-13(3)20(24(35)29-21(25(36)37)14(4)6-2)28-23(34)18(11-15-7-9-16(30)10-8-15)27-22(33)17(26)12-19(31)32/h7-10,13-14,17-18,20-21,30H,5-6,11-12,26H2,1-4H3,(H,27,33)(H,28,34)(H,29,35)(H,31,32)(H,36,37). The van der Waals surface area contributed by atoms with Gasteiger partial charge >= 0.3 is 11.9 Å². The first kappa shape index (κ1) is 31.4. The Labute approximate surface area is 216 Å². The fraction of sp³-hybridized carbons (Fsp3) is 0.560. The zero-order valence-corrected chi connectivity index (χ0v) is 21.6. The Morgan fingerprint density at radius 3 is 1.81 bits per heavy atom.